The molecule has 1 amide bonds. The number of nitrogens with zero attached hydrogens (tertiary/aromatic N) is 3. The fraction of sp³-hybridized carbons (Fsp3) is 0.333. The van der Waals surface area contributed by atoms with Crippen molar-refractivity contribution >= 4 is 5.91 Å². The first kappa shape index (κ1) is 20.9. The number of aromatic nitrogens is 2. The van der Waals surface area contributed by atoms with E-state index in [2.05, 4.69) is 10.2 Å². The van der Waals surface area contributed by atoms with Crippen LogP contribution in [0.1, 0.15) is 39.8 Å². The Hall–Kier alpha value is -3.32. The highest BCUT2D eigenvalue weighted by atomic mass is 16.5. The molecule has 2 aromatic carbocycles. The summed E-state index contributed by atoms with van der Waals surface area (Å²) < 4.78 is 7.31. The molecule has 3 aromatic rings. The Morgan fingerprint density at radius 3 is 2.71 bits per heavy atom. The monoisotopic (exact) mass is 420 g/mol. The zero-order valence-electron chi connectivity index (χ0n) is 18.0. The molecule has 0 bridgehead atoms. The van der Waals surface area contributed by atoms with Gasteiger partial charge in [0.2, 0.25) is 0 Å². The Kier molecular flexibility index (Phi) is 6.23. The van der Waals surface area contributed by atoms with Gasteiger partial charge in [0.1, 0.15) is 11.5 Å². The second-order valence-electron chi connectivity index (χ2n) is 7.77. The summed E-state index contributed by atoms with van der Waals surface area (Å²) in [6, 6.07) is 15.2. The Morgan fingerprint density at radius 1 is 1.16 bits per heavy atom. The van der Waals surface area contributed by atoms with Crippen molar-refractivity contribution in [1.82, 2.24) is 20.0 Å². The highest BCUT2D eigenvalue weighted by molar-refractivity contribution is 5.94. The number of carbonyl (C=O) groups excluding carboxylic acids is 1. The van der Waals surface area contributed by atoms with Gasteiger partial charge in [-0.1, -0.05) is 24.3 Å². The number of methoxy groups -OCH3 is 1. The topological polar surface area (TPSA) is 79.6 Å². The summed E-state index contributed by atoms with van der Waals surface area (Å²) in [5.41, 5.74) is 4.84. The molecule has 162 valence electrons. The van der Waals surface area contributed by atoms with Crippen molar-refractivity contribution < 1.29 is 14.6 Å². The van der Waals surface area contributed by atoms with Gasteiger partial charge in [0.15, 0.2) is 5.69 Å². The second kappa shape index (κ2) is 9.22. The SMILES string of the molecule is CCNC(=O)c1nn(Cc2cccc(OC)c2)c2c1CN(Cc1ccc(O)cc1)CC2. The zero-order chi connectivity index (χ0) is 21.8. The van der Waals surface area contributed by atoms with Gasteiger partial charge >= 0.3 is 0 Å². The number of fused-ring (bicyclic) bond motifs is 1. The maximum Gasteiger partial charge on any atom is 0.272 e. The van der Waals surface area contributed by atoms with Crippen LogP contribution in [0.4, 0.5) is 0 Å². The first-order chi connectivity index (χ1) is 15.1. The van der Waals surface area contributed by atoms with Crippen LogP contribution < -0.4 is 10.1 Å². The molecule has 1 aliphatic heterocycles. The Morgan fingerprint density at radius 2 is 1.97 bits per heavy atom. The molecule has 0 aliphatic carbocycles. The van der Waals surface area contributed by atoms with Crippen LogP contribution in [0.5, 0.6) is 11.5 Å². The van der Waals surface area contributed by atoms with Gasteiger partial charge in [-0.15, -0.1) is 0 Å². The van der Waals surface area contributed by atoms with E-state index in [4.69, 9.17) is 9.84 Å². The van der Waals surface area contributed by atoms with E-state index in [9.17, 15) is 9.90 Å². The number of nitrogens with one attached hydrogen (secondary N) is 1. The predicted octanol–water partition coefficient (Wildman–Crippen LogP) is 2.95. The summed E-state index contributed by atoms with van der Waals surface area (Å²) in [6.45, 7) is 5.38. The summed E-state index contributed by atoms with van der Waals surface area (Å²) in [6.07, 6.45) is 0.823. The van der Waals surface area contributed by atoms with Gasteiger partial charge in [0, 0.05) is 43.9 Å². The molecular weight excluding hydrogens is 392 g/mol. The molecule has 0 fully saturated rings. The predicted molar refractivity (Wildman–Crippen MR) is 118 cm³/mol. The molecule has 0 unspecified atom stereocenters. The highest BCUT2D eigenvalue weighted by Gasteiger charge is 2.28. The maximum atomic E-state index is 12.7. The van der Waals surface area contributed by atoms with Crippen LogP contribution in [-0.4, -0.2) is 45.9 Å². The van der Waals surface area contributed by atoms with Gasteiger partial charge in [0.25, 0.3) is 5.91 Å². The minimum absolute atomic E-state index is 0.130. The van der Waals surface area contributed by atoms with Crippen molar-refractivity contribution in [2.75, 3.05) is 20.2 Å². The fourth-order valence-corrected chi connectivity index (χ4v) is 4.04. The number of ether oxygens (including phenoxy) is 1. The molecule has 4 rings (SSSR count). The third-order valence-corrected chi connectivity index (χ3v) is 5.57. The Balaban J connectivity index is 1.60. The molecule has 1 aromatic heterocycles. The number of carbonyl (C=O) groups is 1. The lowest BCUT2D eigenvalue weighted by Crippen LogP contribution is -2.32. The third kappa shape index (κ3) is 4.72. The highest BCUT2D eigenvalue weighted by Crippen LogP contribution is 2.26. The first-order valence-electron chi connectivity index (χ1n) is 10.6. The van der Waals surface area contributed by atoms with E-state index in [0.717, 1.165) is 47.6 Å². The van der Waals surface area contributed by atoms with Crippen LogP contribution >= 0.6 is 0 Å². The van der Waals surface area contributed by atoms with Gasteiger partial charge < -0.3 is 15.2 Å². The fourth-order valence-electron chi connectivity index (χ4n) is 4.04. The van der Waals surface area contributed by atoms with Crippen LogP contribution in [0.3, 0.4) is 0 Å². The number of hydrogen-bond donors (Lipinski definition) is 2. The van der Waals surface area contributed by atoms with E-state index in [1.54, 1.807) is 19.2 Å². The van der Waals surface area contributed by atoms with Crippen LogP contribution in [0.25, 0.3) is 0 Å². The number of hydrogen-bond acceptors (Lipinski definition) is 5. The van der Waals surface area contributed by atoms with E-state index in [1.165, 1.54) is 0 Å². The van der Waals surface area contributed by atoms with E-state index < -0.39 is 0 Å². The van der Waals surface area contributed by atoms with Crippen LogP contribution in [0, 0.1) is 0 Å². The Bertz CT molecular complexity index is 1060. The average molecular weight is 421 g/mol. The van der Waals surface area contributed by atoms with E-state index >= 15 is 0 Å². The van der Waals surface area contributed by atoms with E-state index in [-0.39, 0.29) is 11.7 Å². The minimum atomic E-state index is -0.130. The molecule has 2 N–H and O–H groups in total. The van der Waals surface area contributed by atoms with Crippen LogP contribution in [0.2, 0.25) is 0 Å². The molecule has 0 atom stereocenters. The molecular formula is C24H28N4O3. The minimum Gasteiger partial charge on any atom is -0.508 e. The number of aromatic hydroxyl groups is 1. The van der Waals surface area contributed by atoms with Crippen molar-refractivity contribution in [3.05, 3.63) is 76.6 Å². The lowest BCUT2D eigenvalue weighted by Gasteiger charge is -2.27. The maximum absolute atomic E-state index is 12.7. The molecule has 1 aliphatic rings. The molecule has 0 saturated carbocycles. The van der Waals surface area contributed by atoms with Gasteiger partial charge in [-0.25, -0.2) is 0 Å². The van der Waals surface area contributed by atoms with Crippen LogP contribution in [-0.2, 0) is 26.1 Å². The van der Waals surface area contributed by atoms with Crippen LogP contribution in [0.15, 0.2) is 48.5 Å². The van der Waals surface area contributed by atoms with Crippen molar-refractivity contribution in [3.63, 3.8) is 0 Å². The molecule has 0 radical (unpaired) electrons. The van der Waals surface area contributed by atoms with Gasteiger partial charge in [-0.2, -0.15) is 5.10 Å². The van der Waals surface area contributed by atoms with Crippen molar-refractivity contribution in [3.8, 4) is 11.5 Å². The van der Waals surface area contributed by atoms with Crippen molar-refractivity contribution in [2.45, 2.75) is 33.0 Å². The largest absolute Gasteiger partial charge is 0.508 e. The van der Waals surface area contributed by atoms with E-state index in [1.807, 2.05) is 48.0 Å². The zero-order valence-corrected chi connectivity index (χ0v) is 18.0. The molecule has 2 heterocycles. The van der Waals surface area contributed by atoms with Crippen molar-refractivity contribution in [2.24, 2.45) is 0 Å². The summed E-state index contributed by atoms with van der Waals surface area (Å²) in [5.74, 6) is 0.944. The van der Waals surface area contributed by atoms with Gasteiger partial charge in [-0.05, 0) is 42.3 Å². The molecule has 0 spiro atoms. The smallest absolute Gasteiger partial charge is 0.272 e. The normalized spacial score (nSPS) is 13.6. The number of phenolic OH excluding ortho intramolecular Hbond substituents is 1. The molecule has 31 heavy (non-hydrogen) atoms. The lowest BCUT2D eigenvalue weighted by atomic mass is 10.0. The number of rotatable bonds is 7. The number of benzene rings is 2. The molecule has 7 nitrogen and oxygen atoms in total. The second-order valence-corrected chi connectivity index (χ2v) is 7.77. The number of phenols is 1. The lowest BCUT2D eigenvalue weighted by molar-refractivity contribution is 0.0947. The Labute approximate surface area is 182 Å². The summed E-state index contributed by atoms with van der Waals surface area (Å²) in [7, 11) is 1.66. The number of amides is 1. The van der Waals surface area contributed by atoms with E-state index in [0.29, 0.717) is 25.3 Å². The average Bonchev–Trinajstić information content (AvgIpc) is 3.13. The van der Waals surface area contributed by atoms with Gasteiger partial charge in [-0.3, -0.25) is 14.4 Å². The molecule has 0 saturated heterocycles. The summed E-state index contributed by atoms with van der Waals surface area (Å²) in [4.78, 5) is 15.0. The quantitative estimate of drug-likeness (QED) is 0.614. The molecule has 7 heteroatoms. The first-order valence-corrected chi connectivity index (χ1v) is 10.6. The standard InChI is InChI=1S/C24H28N4O3/c1-3-25-24(30)23-21-16-27(14-17-7-9-19(29)10-8-17)12-11-22(21)28(26-23)15-18-5-4-6-20(13-18)31-2/h4-10,13,29H,3,11-12,14-16H2,1-2H3,(H,25,30). The van der Waals surface area contributed by atoms with Gasteiger partial charge in [0.05, 0.1) is 13.7 Å². The summed E-state index contributed by atoms with van der Waals surface area (Å²) in [5, 5.41) is 17.1. The van der Waals surface area contributed by atoms with Crippen molar-refractivity contribution in [1.29, 1.82) is 0 Å². The third-order valence-electron chi connectivity index (χ3n) is 5.57. The summed E-state index contributed by atoms with van der Waals surface area (Å²) >= 11 is 0.